The molecule has 11 N–H and O–H groups in total. The molecule has 0 aromatic carbocycles. The van der Waals surface area contributed by atoms with E-state index in [1.165, 1.54) is 0 Å². The number of carbonyl (C=O) groups excluding carboxylic acids is 1. The summed E-state index contributed by atoms with van der Waals surface area (Å²) in [5.74, 6) is -1.30. The molecule has 1 saturated carbocycles. The molecule has 0 aromatic rings. The summed E-state index contributed by atoms with van der Waals surface area (Å²) in [7, 11) is 0. The Hall–Kier alpha value is -1.21. The van der Waals surface area contributed by atoms with E-state index in [0.29, 0.717) is 12.8 Å². The number of rotatable bonds is 10. The van der Waals surface area contributed by atoms with E-state index >= 15 is 0 Å². The third-order valence-electron chi connectivity index (χ3n) is 9.04. The molecule has 2 heterocycles. The lowest BCUT2D eigenvalue weighted by Crippen LogP contribution is -2.67. The fourth-order valence-corrected chi connectivity index (χ4v) is 6.55. The maximum absolute atomic E-state index is 12.0. The highest BCUT2D eigenvalue weighted by molar-refractivity contribution is 5.67. The van der Waals surface area contributed by atoms with Gasteiger partial charge in [-0.05, 0) is 39.5 Å². The van der Waals surface area contributed by atoms with Crippen LogP contribution in [0.5, 0.6) is 0 Å². The van der Waals surface area contributed by atoms with Crippen LogP contribution in [0.2, 0.25) is 0 Å². The van der Waals surface area contributed by atoms with Gasteiger partial charge in [0.1, 0.15) is 36.1 Å². The molecule has 0 radical (unpaired) electrons. The Morgan fingerprint density at radius 2 is 1.64 bits per heavy atom. The van der Waals surface area contributed by atoms with Crippen LogP contribution >= 0.6 is 0 Å². The number of aliphatic hydroxyl groups excluding tert-OH is 7. The number of hydrogen-bond acceptors (Lipinski definition) is 14. The molecule has 15 heteroatoms. The van der Waals surface area contributed by atoms with E-state index < -0.39 is 110 Å². The van der Waals surface area contributed by atoms with Crippen molar-refractivity contribution in [3.8, 4) is 0 Å². The predicted molar refractivity (Wildman–Crippen MR) is 156 cm³/mol. The Morgan fingerprint density at radius 3 is 2.23 bits per heavy atom. The Kier molecular flexibility index (Phi) is 13.2. The lowest BCUT2D eigenvalue weighted by atomic mass is 9.67. The lowest BCUT2D eigenvalue weighted by molar-refractivity contribution is -0.310. The Bertz CT molecular complexity index is 907. The summed E-state index contributed by atoms with van der Waals surface area (Å²) in [5, 5.41) is 80.3. The molecule has 0 aromatic heterocycles. The number of nitrogens with one attached hydrogen (secondary N) is 2. The van der Waals surface area contributed by atoms with E-state index in [1.54, 1.807) is 27.7 Å². The molecule has 16 atom stereocenters. The normalized spacial score (nSPS) is 44.2. The van der Waals surface area contributed by atoms with Gasteiger partial charge in [-0.15, -0.1) is 0 Å². The van der Waals surface area contributed by atoms with Crippen molar-refractivity contribution in [3.63, 3.8) is 0 Å². The molecule has 3 rings (SSSR count). The van der Waals surface area contributed by atoms with Gasteiger partial charge < -0.3 is 71.1 Å². The fraction of sp³-hybridized carbons (Fsp3) is 0.966. The van der Waals surface area contributed by atoms with Crippen molar-refractivity contribution in [3.05, 3.63) is 0 Å². The van der Waals surface area contributed by atoms with Crippen LogP contribution in [0.15, 0.2) is 0 Å². The quantitative estimate of drug-likeness (QED) is 0.119. The van der Waals surface area contributed by atoms with Crippen molar-refractivity contribution in [1.29, 1.82) is 0 Å². The molecule has 1 aliphatic carbocycles. The van der Waals surface area contributed by atoms with Crippen LogP contribution in [0, 0.1) is 17.8 Å². The average Bonchev–Trinajstić information content (AvgIpc) is 2.95. The summed E-state index contributed by atoms with van der Waals surface area (Å²) < 4.78 is 23.3. The number of carbonyl (C=O) groups is 1. The minimum atomic E-state index is -1.49. The minimum absolute atomic E-state index is 0.00481. The summed E-state index contributed by atoms with van der Waals surface area (Å²) in [5.41, 5.74) is 5.29. The van der Waals surface area contributed by atoms with Crippen molar-refractivity contribution < 1.29 is 59.5 Å². The van der Waals surface area contributed by atoms with Gasteiger partial charge in [0.05, 0.1) is 43.2 Å². The van der Waals surface area contributed by atoms with Gasteiger partial charge in [0.25, 0.3) is 0 Å². The van der Waals surface area contributed by atoms with Crippen molar-refractivity contribution in [2.75, 3.05) is 19.7 Å². The Labute approximate surface area is 259 Å². The van der Waals surface area contributed by atoms with Gasteiger partial charge in [0.2, 0.25) is 0 Å². The maximum atomic E-state index is 12.0. The van der Waals surface area contributed by atoms with E-state index in [9.17, 15) is 40.5 Å². The summed E-state index contributed by atoms with van der Waals surface area (Å²) in [6, 6.07) is -1.80. The highest BCUT2D eigenvalue weighted by Crippen LogP contribution is 2.42. The van der Waals surface area contributed by atoms with Crippen LogP contribution in [0.1, 0.15) is 54.4 Å². The molecule has 1 amide bonds. The first-order valence-electron chi connectivity index (χ1n) is 15.6. The standard InChI is InChI=1S/C29H55N3O12/c1-7-16-22(37)20(35)13(3)25(41-16)18-12(2)8-15(31-9-14(34)10-32-28(40)44-29(4,5)6)26(23(18)38)43-27-24(39)19(30)21(36)17(11-33)42-27/h12-27,31,33-39H,7-11,30H2,1-6H3,(H,32,40). The highest BCUT2D eigenvalue weighted by Gasteiger charge is 2.54. The topological polar surface area (TPSA) is 246 Å². The van der Waals surface area contributed by atoms with Crippen LogP contribution < -0.4 is 16.4 Å². The van der Waals surface area contributed by atoms with Crippen molar-refractivity contribution in [2.24, 2.45) is 23.5 Å². The summed E-state index contributed by atoms with van der Waals surface area (Å²) >= 11 is 0. The van der Waals surface area contributed by atoms with Gasteiger partial charge in [0.15, 0.2) is 6.29 Å². The Balaban J connectivity index is 1.80. The van der Waals surface area contributed by atoms with Crippen molar-refractivity contribution in [1.82, 2.24) is 10.6 Å². The fourth-order valence-electron chi connectivity index (χ4n) is 6.55. The number of amides is 1. The van der Waals surface area contributed by atoms with Crippen LogP contribution in [0.4, 0.5) is 4.79 Å². The van der Waals surface area contributed by atoms with Crippen LogP contribution in [0.3, 0.4) is 0 Å². The molecule has 3 aliphatic rings. The van der Waals surface area contributed by atoms with Crippen LogP contribution in [0.25, 0.3) is 0 Å². The molecule has 258 valence electrons. The first-order valence-corrected chi connectivity index (χ1v) is 15.6. The number of ether oxygens (including phenoxy) is 4. The lowest BCUT2D eigenvalue weighted by Gasteiger charge is -2.52. The van der Waals surface area contributed by atoms with Gasteiger partial charge in [-0.1, -0.05) is 20.8 Å². The van der Waals surface area contributed by atoms with E-state index in [1.807, 2.05) is 13.8 Å². The number of aliphatic hydroxyl groups is 7. The van der Waals surface area contributed by atoms with Crippen molar-refractivity contribution in [2.45, 2.75) is 139 Å². The van der Waals surface area contributed by atoms with Gasteiger partial charge in [0, 0.05) is 31.0 Å². The number of alkyl carbamates (subject to hydrolysis) is 1. The molecule has 2 aliphatic heterocycles. The Morgan fingerprint density at radius 1 is 0.977 bits per heavy atom. The summed E-state index contributed by atoms with van der Waals surface area (Å²) in [6.07, 6.45) is -12.0. The summed E-state index contributed by atoms with van der Waals surface area (Å²) in [4.78, 5) is 12.0. The first kappa shape index (κ1) is 37.2. The third-order valence-corrected chi connectivity index (χ3v) is 9.04. The van der Waals surface area contributed by atoms with E-state index in [0.717, 1.165) is 0 Å². The monoisotopic (exact) mass is 637 g/mol. The second-order valence-corrected chi connectivity index (χ2v) is 13.6. The SMILES string of the molecule is CCC1OC(C2C(C)CC(NCC(O)CNC(=O)OC(C)(C)C)C(OC3OC(CO)C(O)C(N)C3O)C2O)C(C)C(O)C1O. The maximum Gasteiger partial charge on any atom is 0.407 e. The minimum Gasteiger partial charge on any atom is -0.444 e. The molecule has 0 spiro atoms. The second-order valence-electron chi connectivity index (χ2n) is 13.6. The first-order chi connectivity index (χ1) is 20.5. The highest BCUT2D eigenvalue weighted by atomic mass is 16.7. The zero-order valence-corrected chi connectivity index (χ0v) is 26.5. The van der Waals surface area contributed by atoms with Crippen LogP contribution in [-0.2, 0) is 18.9 Å². The second kappa shape index (κ2) is 15.6. The van der Waals surface area contributed by atoms with E-state index in [2.05, 4.69) is 10.6 Å². The molecular formula is C29H55N3O12. The van der Waals surface area contributed by atoms with Gasteiger partial charge >= 0.3 is 6.09 Å². The zero-order chi connectivity index (χ0) is 33.1. The molecule has 16 unspecified atom stereocenters. The number of nitrogens with two attached hydrogens (primary N) is 1. The van der Waals surface area contributed by atoms with E-state index in [4.69, 9.17) is 24.7 Å². The van der Waals surface area contributed by atoms with Crippen molar-refractivity contribution >= 4 is 6.09 Å². The van der Waals surface area contributed by atoms with Gasteiger partial charge in [-0.2, -0.15) is 0 Å². The smallest absolute Gasteiger partial charge is 0.407 e. The average molecular weight is 638 g/mol. The third kappa shape index (κ3) is 8.77. The van der Waals surface area contributed by atoms with E-state index in [-0.39, 0.29) is 19.0 Å². The van der Waals surface area contributed by atoms with Gasteiger partial charge in [-0.3, -0.25) is 0 Å². The molecule has 44 heavy (non-hydrogen) atoms. The van der Waals surface area contributed by atoms with Crippen LogP contribution in [-0.4, -0.2) is 147 Å². The molecule has 2 saturated heterocycles. The molecule has 0 bridgehead atoms. The number of hydrogen-bond donors (Lipinski definition) is 10. The largest absolute Gasteiger partial charge is 0.444 e. The van der Waals surface area contributed by atoms with Gasteiger partial charge in [-0.25, -0.2) is 4.79 Å². The molecule has 3 fully saturated rings. The molecular weight excluding hydrogens is 582 g/mol. The summed E-state index contributed by atoms with van der Waals surface area (Å²) in [6.45, 7) is 9.98. The molecule has 15 nitrogen and oxygen atoms in total. The predicted octanol–water partition coefficient (Wildman–Crippen LogP) is -2.47. The zero-order valence-electron chi connectivity index (χ0n) is 26.5.